The van der Waals surface area contributed by atoms with E-state index in [2.05, 4.69) is 10.3 Å². The van der Waals surface area contributed by atoms with E-state index in [1.807, 2.05) is 41.3 Å². The molecule has 3 heterocycles. The van der Waals surface area contributed by atoms with Crippen molar-refractivity contribution in [2.45, 2.75) is 12.1 Å². The van der Waals surface area contributed by atoms with Gasteiger partial charge in [0.1, 0.15) is 17.6 Å². The fourth-order valence-electron chi connectivity index (χ4n) is 4.06. The summed E-state index contributed by atoms with van der Waals surface area (Å²) in [5, 5.41) is 14.1. The summed E-state index contributed by atoms with van der Waals surface area (Å²) in [6, 6.07) is 22.9. The molecule has 0 spiro atoms. The zero-order chi connectivity index (χ0) is 22.9. The first kappa shape index (κ1) is 21.2. The zero-order valence-corrected chi connectivity index (χ0v) is 18.8. The standard InChI is InChI=1S/C25H18ClN3O3S/c26-15-8-10-16(11-9-15)29-23(22(28-25(29)33)19-7-3-4-14-27-19)21-13-12-20(32-21)17-5-1-2-6-18(17)24(30)31/h1-14,22-23H,(H,28,33)(H,30,31)/t22-,23+/m1/s1. The molecule has 0 aliphatic carbocycles. The number of aromatic carboxylic acids is 1. The number of pyridine rings is 1. The second-order valence-corrected chi connectivity index (χ2v) is 8.35. The summed E-state index contributed by atoms with van der Waals surface area (Å²) in [5.74, 6) is 0.0844. The molecule has 2 aromatic carbocycles. The quantitative estimate of drug-likeness (QED) is 0.349. The van der Waals surface area contributed by atoms with Crippen molar-refractivity contribution in [2.75, 3.05) is 4.90 Å². The normalized spacial score (nSPS) is 17.7. The lowest BCUT2D eigenvalue weighted by molar-refractivity contribution is 0.0697. The van der Waals surface area contributed by atoms with E-state index in [0.717, 1.165) is 11.4 Å². The van der Waals surface area contributed by atoms with Gasteiger partial charge in [-0.1, -0.05) is 35.9 Å². The number of anilines is 1. The van der Waals surface area contributed by atoms with Crippen LogP contribution in [0.4, 0.5) is 5.69 Å². The van der Waals surface area contributed by atoms with Gasteiger partial charge >= 0.3 is 5.97 Å². The van der Waals surface area contributed by atoms with Crippen LogP contribution in [-0.4, -0.2) is 21.2 Å². The van der Waals surface area contributed by atoms with Crippen molar-refractivity contribution in [3.63, 3.8) is 0 Å². The van der Waals surface area contributed by atoms with E-state index in [0.29, 0.717) is 27.2 Å². The molecule has 0 unspecified atom stereocenters. The van der Waals surface area contributed by atoms with E-state index in [9.17, 15) is 9.90 Å². The lowest BCUT2D eigenvalue weighted by Gasteiger charge is -2.26. The highest BCUT2D eigenvalue weighted by Crippen LogP contribution is 2.43. The van der Waals surface area contributed by atoms with Crippen LogP contribution in [0.15, 0.2) is 89.5 Å². The molecular formula is C25H18ClN3O3S. The Morgan fingerprint density at radius 2 is 1.79 bits per heavy atom. The van der Waals surface area contributed by atoms with Gasteiger partial charge in [0, 0.05) is 22.5 Å². The Morgan fingerprint density at radius 3 is 2.52 bits per heavy atom. The number of carbonyl (C=O) groups is 1. The van der Waals surface area contributed by atoms with Crippen LogP contribution in [-0.2, 0) is 0 Å². The van der Waals surface area contributed by atoms with Crippen molar-refractivity contribution in [2.24, 2.45) is 0 Å². The minimum absolute atomic E-state index is 0.175. The third-order valence-electron chi connectivity index (χ3n) is 5.54. The SMILES string of the molecule is O=C(O)c1ccccc1-c1ccc([C@H]2[C@@H](c3ccccn3)NC(=S)N2c2ccc(Cl)cc2)o1. The first-order chi connectivity index (χ1) is 16.0. The predicted molar refractivity (Wildman–Crippen MR) is 130 cm³/mol. The van der Waals surface area contributed by atoms with Crippen LogP contribution in [0.1, 0.15) is 33.9 Å². The molecule has 1 aliphatic heterocycles. The van der Waals surface area contributed by atoms with Crippen LogP contribution < -0.4 is 10.2 Å². The highest BCUT2D eigenvalue weighted by molar-refractivity contribution is 7.80. The van der Waals surface area contributed by atoms with Crippen molar-refractivity contribution in [3.05, 3.63) is 107 Å². The molecule has 164 valence electrons. The van der Waals surface area contributed by atoms with Crippen molar-refractivity contribution < 1.29 is 14.3 Å². The molecule has 6 nitrogen and oxygen atoms in total. The predicted octanol–water partition coefficient (Wildman–Crippen LogP) is 5.87. The summed E-state index contributed by atoms with van der Waals surface area (Å²) < 4.78 is 6.26. The molecule has 4 aromatic rings. The summed E-state index contributed by atoms with van der Waals surface area (Å²) >= 11 is 11.8. The van der Waals surface area contributed by atoms with E-state index in [1.54, 1.807) is 48.7 Å². The summed E-state index contributed by atoms with van der Waals surface area (Å²) in [4.78, 5) is 18.2. The summed E-state index contributed by atoms with van der Waals surface area (Å²) in [6.07, 6.45) is 1.73. The van der Waals surface area contributed by atoms with Gasteiger partial charge in [-0.05, 0) is 66.8 Å². The Labute approximate surface area is 200 Å². The number of hydrogen-bond donors (Lipinski definition) is 2. The number of nitrogens with zero attached hydrogens (tertiary/aromatic N) is 2. The fraction of sp³-hybridized carbons (Fsp3) is 0.0800. The molecule has 0 saturated carbocycles. The number of benzene rings is 2. The molecule has 1 saturated heterocycles. The Morgan fingerprint density at radius 1 is 1.03 bits per heavy atom. The maximum Gasteiger partial charge on any atom is 0.336 e. The average molecular weight is 476 g/mol. The van der Waals surface area contributed by atoms with Gasteiger partial charge in [-0.3, -0.25) is 4.98 Å². The van der Waals surface area contributed by atoms with Gasteiger partial charge in [0.05, 0.1) is 17.3 Å². The van der Waals surface area contributed by atoms with E-state index >= 15 is 0 Å². The monoisotopic (exact) mass is 475 g/mol. The molecule has 5 rings (SSSR count). The highest BCUT2D eigenvalue weighted by atomic mass is 35.5. The van der Waals surface area contributed by atoms with Crippen LogP contribution in [0.5, 0.6) is 0 Å². The molecule has 0 amide bonds. The van der Waals surface area contributed by atoms with E-state index in [1.165, 1.54) is 0 Å². The maximum atomic E-state index is 11.7. The van der Waals surface area contributed by atoms with Crippen molar-refractivity contribution in [3.8, 4) is 11.3 Å². The first-order valence-electron chi connectivity index (χ1n) is 10.2. The fourth-order valence-corrected chi connectivity index (χ4v) is 4.54. The number of nitrogens with one attached hydrogen (secondary N) is 1. The van der Waals surface area contributed by atoms with Gasteiger partial charge in [0.15, 0.2) is 5.11 Å². The molecule has 2 N–H and O–H groups in total. The Hall–Kier alpha value is -3.68. The van der Waals surface area contributed by atoms with E-state index in [4.69, 9.17) is 28.2 Å². The first-order valence-corrected chi connectivity index (χ1v) is 11.0. The van der Waals surface area contributed by atoms with Crippen LogP contribution >= 0.6 is 23.8 Å². The number of hydrogen-bond acceptors (Lipinski definition) is 4. The molecule has 8 heteroatoms. The van der Waals surface area contributed by atoms with Gasteiger partial charge in [0.2, 0.25) is 0 Å². The molecule has 0 radical (unpaired) electrons. The summed E-state index contributed by atoms with van der Waals surface area (Å²) in [5.41, 5.74) is 2.35. The zero-order valence-electron chi connectivity index (χ0n) is 17.2. The summed E-state index contributed by atoms with van der Waals surface area (Å²) in [6.45, 7) is 0. The van der Waals surface area contributed by atoms with Gasteiger partial charge in [0.25, 0.3) is 0 Å². The van der Waals surface area contributed by atoms with Crippen LogP contribution in [0.25, 0.3) is 11.3 Å². The van der Waals surface area contributed by atoms with Crippen molar-refractivity contribution in [1.82, 2.24) is 10.3 Å². The molecule has 33 heavy (non-hydrogen) atoms. The number of aromatic nitrogens is 1. The molecule has 1 fully saturated rings. The third-order valence-corrected chi connectivity index (χ3v) is 6.11. The topological polar surface area (TPSA) is 78.6 Å². The highest BCUT2D eigenvalue weighted by Gasteiger charge is 2.42. The van der Waals surface area contributed by atoms with Crippen molar-refractivity contribution in [1.29, 1.82) is 0 Å². The van der Waals surface area contributed by atoms with Crippen LogP contribution in [0.3, 0.4) is 0 Å². The van der Waals surface area contributed by atoms with Gasteiger partial charge in [-0.2, -0.15) is 0 Å². The number of furan rings is 1. The minimum Gasteiger partial charge on any atom is -0.478 e. The lowest BCUT2D eigenvalue weighted by atomic mass is 10.0. The Kier molecular flexibility index (Phi) is 5.58. The van der Waals surface area contributed by atoms with E-state index < -0.39 is 5.97 Å². The summed E-state index contributed by atoms with van der Waals surface area (Å²) in [7, 11) is 0. The molecule has 2 aromatic heterocycles. The molecule has 0 bridgehead atoms. The second-order valence-electron chi connectivity index (χ2n) is 7.53. The number of halogens is 1. The van der Waals surface area contributed by atoms with Gasteiger partial charge < -0.3 is 19.7 Å². The lowest BCUT2D eigenvalue weighted by Crippen LogP contribution is -2.29. The van der Waals surface area contributed by atoms with Gasteiger partial charge in [-0.15, -0.1) is 0 Å². The third kappa shape index (κ3) is 3.97. The number of thiocarbonyl (C=S) groups is 1. The number of carboxylic acids is 1. The maximum absolute atomic E-state index is 11.7. The Balaban J connectivity index is 1.61. The molecule has 1 aliphatic rings. The molecular weight excluding hydrogens is 458 g/mol. The Bertz CT molecular complexity index is 1320. The molecule has 2 atom stereocenters. The van der Waals surface area contributed by atoms with Crippen LogP contribution in [0, 0.1) is 0 Å². The smallest absolute Gasteiger partial charge is 0.336 e. The van der Waals surface area contributed by atoms with Crippen LogP contribution in [0.2, 0.25) is 5.02 Å². The number of rotatable bonds is 5. The second kappa shape index (κ2) is 8.69. The average Bonchev–Trinajstić information content (AvgIpc) is 3.45. The largest absolute Gasteiger partial charge is 0.478 e. The number of carboxylic acid groups (broad SMARTS) is 1. The van der Waals surface area contributed by atoms with Gasteiger partial charge in [-0.25, -0.2) is 4.79 Å². The minimum atomic E-state index is -1.01. The van der Waals surface area contributed by atoms with E-state index in [-0.39, 0.29) is 17.6 Å². The van der Waals surface area contributed by atoms with Crippen molar-refractivity contribution >= 4 is 40.6 Å².